The highest BCUT2D eigenvalue weighted by molar-refractivity contribution is 6.32. The number of hydrogen-bond donors (Lipinski definition) is 5. The number of aliphatic hydroxyl groups excluding tert-OH is 2. The summed E-state index contributed by atoms with van der Waals surface area (Å²) in [5, 5.41) is 36.8. The summed E-state index contributed by atoms with van der Waals surface area (Å²) in [5.74, 6) is -3.03. The molecule has 0 unspecified atom stereocenters. The summed E-state index contributed by atoms with van der Waals surface area (Å²) >= 11 is 6.76. The largest absolute Gasteiger partial charge is 0.504 e. The maximum atomic E-state index is 14.1. The van der Waals surface area contributed by atoms with Crippen LogP contribution in [0.4, 0.5) is 5.69 Å². The van der Waals surface area contributed by atoms with E-state index in [1.54, 1.807) is 69.3 Å². The lowest BCUT2D eigenvalue weighted by molar-refractivity contribution is -0.329. The molecule has 8 atom stereocenters. The number of nitrogens with one attached hydrogen (secondary N) is 1. The van der Waals surface area contributed by atoms with Crippen LogP contribution in [0.3, 0.4) is 0 Å². The fraction of sp³-hybridized carbons (Fsp3) is 0.357. The third-order valence-electron chi connectivity index (χ3n) is 11.1. The summed E-state index contributed by atoms with van der Waals surface area (Å²) in [6.45, 7) is 7.14. The summed E-state index contributed by atoms with van der Waals surface area (Å²) in [5.41, 5.74) is 5.60. The number of phenols is 1. The van der Waals surface area contributed by atoms with Crippen LogP contribution in [0.1, 0.15) is 71.3 Å². The van der Waals surface area contributed by atoms with Crippen molar-refractivity contribution in [3.63, 3.8) is 0 Å². The minimum atomic E-state index is -1.69. The molecule has 0 aromatic heterocycles. The number of allylic oxidation sites excluding steroid dienone is 2. The summed E-state index contributed by atoms with van der Waals surface area (Å²) in [7, 11) is 4.91. The maximum Gasteiger partial charge on any atom is 0.343 e. The van der Waals surface area contributed by atoms with E-state index in [9.17, 15) is 29.7 Å². The van der Waals surface area contributed by atoms with Crippen LogP contribution in [0.2, 0.25) is 5.02 Å². The van der Waals surface area contributed by atoms with Crippen molar-refractivity contribution in [2.75, 3.05) is 26.5 Å². The van der Waals surface area contributed by atoms with Gasteiger partial charge in [0.15, 0.2) is 41.0 Å². The van der Waals surface area contributed by atoms with E-state index in [4.69, 9.17) is 50.5 Å². The van der Waals surface area contributed by atoms with Gasteiger partial charge in [-0.2, -0.15) is 0 Å². The van der Waals surface area contributed by atoms with E-state index in [2.05, 4.69) is 11.9 Å². The topological polar surface area (TPSA) is 218 Å². The van der Waals surface area contributed by atoms with Crippen LogP contribution in [0.15, 0.2) is 73.0 Å². The summed E-state index contributed by atoms with van der Waals surface area (Å²) in [6.07, 6.45) is -2.27. The molecule has 0 saturated carbocycles. The van der Waals surface area contributed by atoms with Crippen LogP contribution in [-0.2, 0) is 28.5 Å². The van der Waals surface area contributed by atoms with Gasteiger partial charge >= 0.3 is 11.9 Å². The van der Waals surface area contributed by atoms with E-state index >= 15 is 0 Å². The lowest BCUT2D eigenvalue weighted by atomic mass is 9.86. The molecule has 17 heteroatoms. The number of fused-ring (bicyclic) bond motifs is 2. The molecule has 3 aromatic carbocycles. The van der Waals surface area contributed by atoms with Crippen molar-refractivity contribution < 1.29 is 62.9 Å². The van der Waals surface area contributed by atoms with Gasteiger partial charge in [0.2, 0.25) is 0 Å². The van der Waals surface area contributed by atoms with Gasteiger partial charge in [-0.3, -0.25) is 9.59 Å². The molecule has 59 heavy (non-hydrogen) atoms. The number of aromatic hydroxyl groups is 1. The number of aliphatic hydroxyl groups is 2. The predicted octanol–water partition coefficient (Wildman–Crippen LogP) is 4.33. The number of benzene rings is 3. The standard InChI is InChI=1S/C42H42ClN3O13/c1-18-37(51)45-31-24(15-21(53-6)16-29(31)54-18)38(52)57-39-19-9-10-22-23(12-19)25-8-7-11-42(25,59-40-33(50)32(49)35(46(4)5)41(2,3)58-40)36(22)56-34-26(43)13-20(14-28(34)47)27(44)17-30(48)55-39/h7-16,27,32-33,35-36,39-40,47,49-50H,1,17,44H2,2-6H3,(H,45,51)/t27-,32-,33+,35-,36+,39-,40-,42+/m0/s1. The SMILES string of the molecule is C=C1Oc2cc(OC)cc(C(=O)O[C@@H]3OC(=O)C[C@H](N)c4cc(O)c(c(Cl)c4)O[C@@H]4c5ccc3cc5C3=CC=C[C@@]34O[C@@H]3OC(C)(C)[C@@H](N(C)C)[C@@H](O)[C@H]3O)c2NC1=O. The van der Waals surface area contributed by atoms with E-state index in [1.807, 2.05) is 0 Å². The fourth-order valence-electron chi connectivity index (χ4n) is 8.45. The number of nitrogens with zero attached hydrogens (tertiary/aromatic N) is 1. The van der Waals surface area contributed by atoms with Crippen LogP contribution in [0.5, 0.6) is 23.0 Å². The zero-order valence-electron chi connectivity index (χ0n) is 32.6. The second-order valence-corrected chi connectivity index (χ2v) is 16.0. The summed E-state index contributed by atoms with van der Waals surface area (Å²) < 4.78 is 42.5. The van der Waals surface area contributed by atoms with Crippen molar-refractivity contribution in [3.8, 4) is 23.0 Å². The summed E-state index contributed by atoms with van der Waals surface area (Å²) in [4.78, 5) is 42.0. The fourth-order valence-corrected chi connectivity index (χ4v) is 8.72. The van der Waals surface area contributed by atoms with Crippen LogP contribution < -0.4 is 25.3 Å². The molecule has 0 spiro atoms. The Morgan fingerprint density at radius 2 is 1.83 bits per heavy atom. The van der Waals surface area contributed by atoms with Crippen molar-refractivity contribution in [3.05, 3.63) is 106 Å². The second kappa shape index (κ2) is 14.7. The zero-order chi connectivity index (χ0) is 42.3. The molecule has 11 rings (SSSR count). The van der Waals surface area contributed by atoms with Crippen LogP contribution in [-0.4, -0.2) is 95.0 Å². The molecular formula is C42H42ClN3O13. The van der Waals surface area contributed by atoms with Gasteiger partial charge in [-0.1, -0.05) is 42.5 Å². The van der Waals surface area contributed by atoms with Crippen LogP contribution in [0, 0.1) is 0 Å². The average Bonchev–Trinajstić information content (AvgIpc) is 3.68. The number of halogens is 1. The Kier molecular flexibility index (Phi) is 10.0. The third-order valence-corrected chi connectivity index (χ3v) is 11.4. The molecule has 6 heterocycles. The predicted molar refractivity (Wildman–Crippen MR) is 209 cm³/mol. The van der Waals surface area contributed by atoms with Gasteiger partial charge in [-0.15, -0.1) is 0 Å². The first-order valence-electron chi connectivity index (χ1n) is 18.6. The number of likely N-dealkylation sites (N-methyl/N-ethyl adjacent to an activating group) is 1. The van der Waals surface area contributed by atoms with E-state index in [0.717, 1.165) is 0 Å². The molecule has 6 bridgehead atoms. The Morgan fingerprint density at radius 3 is 2.54 bits per heavy atom. The number of nitrogens with two attached hydrogens (primary N) is 1. The van der Waals surface area contributed by atoms with Crippen molar-refractivity contribution >= 4 is 40.7 Å². The van der Waals surface area contributed by atoms with E-state index in [0.29, 0.717) is 16.7 Å². The minimum Gasteiger partial charge on any atom is -0.504 e. The van der Waals surface area contributed by atoms with Gasteiger partial charge in [-0.25, -0.2) is 4.79 Å². The average molecular weight is 832 g/mol. The highest BCUT2D eigenvalue weighted by Crippen LogP contribution is 2.58. The number of phenolic OH excluding ortho intramolecular Hbond substituents is 1. The molecule has 310 valence electrons. The Labute approximate surface area is 343 Å². The minimum absolute atomic E-state index is 0.0194. The van der Waals surface area contributed by atoms with E-state index in [-0.39, 0.29) is 56.2 Å². The van der Waals surface area contributed by atoms with Crippen LogP contribution in [0.25, 0.3) is 5.57 Å². The number of esters is 2. The number of rotatable bonds is 6. The Balaban J connectivity index is 1.24. The summed E-state index contributed by atoms with van der Waals surface area (Å²) in [6, 6.07) is 8.73. The van der Waals surface area contributed by atoms with Crippen molar-refractivity contribution in [1.29, 1.82) is 0 Å². The Morgan fingerprint density at radius 1 is 1.07 bits per heavy atom. The van der Waals surface area contributed by atoms with Crippen LogP contribution >= 0.6 is 11.6 Å². The van der Waals surface area contributed by atoms with Gasteiger partial charge < -0.3 is 64.4 Å². The third kappa shape index (κ3) is 6.79. The second-order valence-electron chi connectivity index (χ2n) is 15.6. The maximum absolute atomic E-state index is 14.1. The molecule has 0 radical (unpaired) electrons. The highest BCUT2D eigenvalue weighted by atomic mass is 35.5. The number of anilines is 1. The molecule has 1 fully saturated rings. The lowest BCUT2D eigenvalue weighted by Crippen LogP contribution is -2.67. The molecule has 1 saturated heterocycles. The molecule has 3 aromatic rings. The van der Waals surface area contributed by atoms with Gasteiger partial charge in [0.25, 0.3) is 12.2 Å². The first-order chi connectivity index (χ1) is 27.9. The molecule has 1 amide bonds. The molecule has 2 aliphatic carbocycles. The normalized spacial score (nSPS) is 29.0. The zero-order valence-corrected chi connectivity index (χ0v) is 33.3. The van der Waals surface area contributed by atoms with E-state index in [1.165, 1.54) is 31.4 Å². The first kappa shape index (κ1) is 40.3. The quantitative estimate of drug-likeness (QED) is 0.173. The lowest BCUT2D eigenvalue weighted by Gasteiger charge is -2.51. The molecule has 8 aliphatic rings. The number of carbonyl (C=O) groups excluding carboxylic acids is 3. The van der Waals surface area contributed by atoms with Crippen molar-refractivity contribution in [2.24, 2.45) is 5.73 Å². The van der Waals surface area contributed by atoms with Gasteiger partial charge in [0, 0.05) is 23.2 Å². The molecule has 16 nitrogen and oxygen atoms in total. The smallest absolute Gasteiger partial charge is 0.343 e. The molecule has 6 aliphatic heterocycles. The first-order valence-corrected chi connectivity index (χ1v) is 19.0. The number of amides is 1. The van der Waals surface area contributed by atoms with Gasteiger partial charge in [0.1, 0.15) is 18.0 Å². The van der Waals surface area contributed by atoms with Crippen molar-refractivity contribution in [2.45, 2.75) is 74.4 Å². The van der Waals surface area contributed by atoms with Gasteiger partial charge in [0.05, 0.1) is 41.4 Å². The Hall–Kier alpha value is -5.46. The van der Waals surface area contributed by atoms with Gasteiger partial charge in [-0.05, 0) is 75.0 Å². The number of ether oxygens (including phenoxy) is 7. The highest BCUT2D eigenvalue weighted by Gasteiger charge is 2.59. The number of hydrogen-bond acceptors (Lipinski definition) is 15. The van der Waals surface area contributed by atoms with E-state index < -0.39 is 78.4 Å². The number of carbonyl (C=O) groups is 3. The molecular weight excluding hydrogens is 790 g/mol. The number of methoxy groups -OCH3 is 1. The van der Waals surface area contributed by atoms with Crippen molar-refractivity contribution in [1.82, 2.24) is 4.90 Å². The monoisotopic (exact) mass is 831 g/mol. The Bertz CT molecular complexity index is 2340. The molecule has 6 N–H and O–H groups in total.